The number of hydrogen-bond acceptors (Lipinski definition) is 3. The molecule has 0 atom stereocenters. The summed E-state index contributed by atoms with van der Waals surface area (Å²) in [6, 6.07) is 16.6. The van der Waals surface area contributed by atoms with E-state index in [2.05, 4.69) is 39.5 Å². The number of aromatic nitrogens is 2. The van der Waals surface area contributed by atoms with E-state index in [0.717, 1.165) is 61.6 Å². The summed E-state index contributed by atoms with van der Waals surface area (Å²) in [5, 5.41) is 2.97. The summed E-state index contributed by atoms with van der Waals surface area (Å²) < 4.78 is 0. The number of imidazole rings is 1. The van der Waals surface area contributed by atoms with Gasteiger partial charge in [0.25, 0.3) is 0 Å². The third kappa shape index (κ3) is 3.17. The molecular formula is C23H27N5O. The summed E-state index contributed by atoms with van der Waals surface area (Å²) in [6.45, 7) is 6.24. The van der Waals surface area contributed by atoms with Gasteiger partial charge >= 0.3 is 6.03 Å². The van der Waals surface area contributed by atoms with Crippen LogP contribution < -0.4 is 10.2 Å². The zero-order valence-corrected chi connectivity index (χ0v) is 16.8. The van der Waals surface area contributed by atoms with Gasteiger partial charge in [-0.1, -0.05) is 30.3 Å². The Morgan fingerprint density at radius 2 is 1.90 bits per heavy atom. The van der Waals surface area contributed by atoms with E-state index in [9.17, 15) is 4.79 Å². The number of urea groups is 1. The number of amides is 2. The van der Waals surface area contributed by atoms with Gasteiger partial charge in [0.05, 0.1) is 17.6 Å². The van der Waals surface area contributed by atoms with Crippen LogP contribution in [0.2, 0.25) is 0 Å². The molecular weight excluding hydrogens is 362 g/mol. The predicted molar refractivity (Wildman–Crippen MR) is 115 cm³/mol. The third-order valence-corrected chi connectivity index (χ3v) is 6.43. The average molecular weight is 390 g/mol. The zero-order chi connectivity index (χ0) is 19.8. The minimum Gasteiger partial charge on any atom is -0.341 e. The van der Waals surface area contributed by atoms with Crippen LogP contribution in [-0.2, 0) is 12.0 Å². The first-order valence-electron chi connectivity index (χ1n) is 10.5. The zero-order valence-electron chi connectivity index (χ0n) is 16.8. The smallest absolute Gasteiger partial charge is 0.321 e. The molecule has 0 unspecified atom stereocenters. The average Bonchev–Trinajstić information content (AvgIpc) is 3.29. The van der Waals surface area contributed by atoms with Gasteiger partial charge in [0, 0.05) is 24.2 Å². The molecule has 150 valence electrons. The highest BCUT2D eigenvalue weighted by molar-refractivity contribution is 5.95. The van der Waals surface area contributed by atoms with Crippen molar-refractivity contribution in [3.63, 3.8) is 0 Å². The number of carbonyl (C=O) groups is 1. The largest absolute Gasteiger partial charge is 0.341 e. The predicted octanol–water partition coefficient (Wildman–Crippen LogP) is 3.65. The number of anilines is 1. The quantitative estimate of drug-likeness (QED) is 0.719. The number of nitrogens with zero attached hydrogens (tertiary/aromatic N) is 3. The Balaban J connectivity index is 1.32. The Kier molecular flexibility index (Phi) is 4.51. The van der Waals surface area contributed by atoms with E-state index < -0.39 is 0 Å². The van der Waals surface area contributed by atoms with E-state index in [1.807, 2.05) is 36.1 Å². The molecule has 29 heavy (non-hydrogen) atoms. The molecule has 1 saturated heterocycles. The molecule has 2 aromatic carbocycles. The summed E-state index contributed by atoms with van der Waals surface area (Å²) in [4.78, 5) is 25.2. The Hall–Kier alpha value is -2.86. The fraction of sp³-hybridized carbons (Fsp3) is 0.391. The maximum absolute atomic E-state index is 12.6. The van der Waals surface area contributed by atoms with Gasteiger partial charge in [-0.2, -0.15) is 0 Å². The summed E-state index contributed by atoms with van der Waals surface area (Å²) in [6.07, 6.45) is 2.11. The molecule has 0 bridgehead atoms. The van der Waals surface area contributed by atoms with Crippen molar-refractivity contribution in [3.05, 3.63) is 59.9 Å². The van der Waals surface area contributed by atoms with Gasteiger partial charge in [-0.3, -0.25) is 9.80 Å². The van der Waals surface area contributed by atoms with Crippen LogP contribution >= 0.6 is 0 Å². The van der Waals surface area contributed by atoms with Gasteiger partial charge in [0.2, 0.25) is 0 Å². The normalized spacial score (nSPS) is 18.3. The standard InChI is InChI=1S/C23H27N5O/c1-2-24-22(29)28-16-23(17-7-3-6-10-20(17)28)11-13-27(14-12-23)15-21-25-18-8-4-5-9-19(18)26-21/h3-10H,2,11-16H2,1H3,(H,24,29)(H,25,26). The fourth-order valence-corrected chi connectivity index (χ4v) is 4.92. The van der Waals surface area contributed by atoms with Crippen LogP contribution in [0.3, 0.4) is 0 Å². The van der Waals surface area contributed by atoms with Crippen LogP contribution in [0.5, 0.6) is 0 Å². The number of hydrogen-bond donors (Lipinski definition) is 2. The fourth-order valence-electron chi connectivity index (χ4n) is 4.92. The lowest BCUT2D eigenvalue weighted by Gasteiger charge is -2.39. The van der Waals surface area contributed by atoms with Crippen molar-refractivity contribution >= 4 is 22.8 Å². The van der Waals surface area contributed by atoms with Crippen molar-refractivity contribution in [2.75, 3.05) is 31.1 Å². The summed E-state index contributed by atoms with van der Waals surface area (Å²) in [5.41, 5.74) is 4.59. The molecule has 3 heterocycles. The number of carbonyl (C=O) groups excluding carboxylic acids is 1. The van der Waals surface area contributed by atoms with Gasteiger partial charge in [0.1, 0.15) is 5.82 Å². The lowest BCUT2D eigenvalue weighted by molar-refractivity contribution is 0.157. The highest BCUT2D eigenvalue weighted by atomic mass is 16.2. The highest BCUT2D eigenvalue weighted by Gasteiger charge is 2.46. The Labute approximate surface area is 170 Å². The van der Waals surface area contributed by atoms with Crippen LogP contribution in [0.4, 0.5) is 10.5 Å². The van der Waals surface area contributed by atoms with E-state index in [0.29, 0.717) is 6.54 Å². The maximum Gasteiger partial charge on any atom is 0.321 e. The molecule has 2 aliphatic heterocycles. The topological polar surface area (TPSA) is 64.3 Å². The first-order valence-corrected chi connectivity index (χ1v) is 10.5. The molecule has 6 heteroatoms. The molecule has 1 spiro atoms. The Morgan fingerprint density at radius 3 is 2.69 bits per heavy atom. The summed E-state index contributed by atoms with van der Waals surface area (Å²) in [5.74, 6) is 1.03. The van der Waals surface area contributed by atoms with Crippen LogP contribution in [0, 0.1) is 0 Å². The second-order valence-electron chi connectivity index (χ2n) is 8.20. The molecule has 0 saturated carbocycles. The first-order chi connectivity index (χ1) is 14.2. The van der Waals surface area contributed by atoms with Crippen LogP contribution in [-0.4, -0.2) is 47.1 Å². The number of likely N-dealkylation sites (tertiary alicyclic amines) is 1. The molecule has 2 aliphatic rings. The molecule has 6 nitrogen and oxygen atoms in total. The Bertz CT molecular complexity index is 1000. The SMILES string of the molecule is CCNC(=O)N1CC2(CCN(Cc3nc4ccccc4[nH]3)CC2)c2ccccc21. The number of aromatic amines is 1. The molecule has 2 N–H and O–H groups in total. The molecule has 0 aliphatic carbocycles. The molecule has 1 aromatic heterocycles. The minimum atomic E-state index is 0.0153. The lowest BCUT2D eigenvalue weighted by Crippen LogP contribution is -2.47. The van der Waals surface area contributed by atoms with Crippen LogP contribution in [0.15, 0.2) is 48.5 Å². The van der Waals surface area contributed by atoms with Crippen LogP contribution in [0.25, 0.3) is 11.0 Å². The number of H-pyrrole nitrogens is 1. The van der Waals surface area contributed by atoms with E-state index >= 15 is 0 Å². The number of nitrogens with one attached hydrogen (secondary N) is 2. The van der Waals surface area contributed by atoms with Gasteiger partial charge in [-0.05, 0) is 56.6 Å². The second-order valence-corrected chi connectivity index (χ2v) is 8.20. The van der Waals surface area contributed by atoms with Crippen molar-refractivity contribution in [2.24, 2.45) is 0 Å². The van der Waals surface area contributed by atoms with Crippen molar-refractivity contribution in [1.82, 2.24) is 20.2 Å². The van der Waals surface area contributed by atoms with Crippen LogP contribution in [0.1, 0.15) is 31.2 Å². The third-order valence-electron chi connectivity index (χ3n) is 6.43. The van der Waals surface area contributed by atoms with Gasteiger partial charge in [0.15, 0.2) is 0 Å². The molecule has 5 rings (SSSR count). The van der Waals surface area contributed by atoms with Gasteiger partial charge in [-0.15, -0.1) is 0 Å². The summed E-state index contributed by atoms with van der Waals surface area (Å²) in [7, 11) is 0. The van der Waals surface area contributed by atoms with Crippen molar-refractivity contribution in [2.45, 2.75) is 31.7 Å². The van der Waals surface area contributed by atoms with Crippen molar-refractivity contribution < 1.29 is 4.79 Å². The van der Waals surface area contributed by atoms with Gasteiger partial charge in [-0.25, -0.2) is 9.78 Å². The lowest BCUT2D eigenvalue weighted by atomic mass is 9.74. The molecule has 0 radical (unpaired) electrons. The van der Waals surface area contributed by atoms with E-state index in [1.54, 1.807) is 0 Å². The number of rotatable bonds is 3. The molecule has 3 aromatic rings. The maximum atomic E-state index is 12.6. The molecule has 1 fully saturated rings. The highest BCUT2D eigenvalue weighted by Crippen LogP contribution is 2.47. The summed E-state index contributed by atoms with van der Waals surface area (Å²) >= 11 is 0. The van der Waals surface area contributed by atoms with E-state index in [-0.39, 0.29) is 11.4 Å². The number of piperidine rings is 1. The van der Waals surface area contributed by atoms with Crippen molar-refractivity contribution in [3.8, 4) is 0 Å². The number of benzene rings is 2. The minimum absolute atomic E-state index is 0.0153. The van der Waals surface area contributed by atoms with Gasteiger partial charge < -0.3 is 10.3 Å². The second kappa shape index (κ2) is 7.19. The van der Waals surface area contributed by atoms with Crippen molar-refractivity contribution in [1.29, 1.82) is 0 Å². The Morgan fingerprint density at radius 1 is 1.14 bits per heavy atom. The number of fused-ring (bicyclic) bond motifs is 3. The first kappa shape index (κ1) is 18.2. The monoisotopic (exact) mass is 389 g/mol. The molecule has 2 amide bonds. The van der Waals surface area contributed by atoms with E-state index in [4.69, 9.17) is 4.98 Å². The van der Waals surface area contributed by atoms with E-state index in [1.165, 1.54) is 5.56 Å². The number of para-hydroxylation sites is 3.